The summed E-state index contributed by atoms with van der Waals surface area (Å²) in [7, 11) is 0. The van der Waals surface area contributed by atoms with E-state index < -0.39 is 17.9 Å². The summed E-state index contributed by atoms with van der Waals surface area (Å²) >= 11 is 0. The van der Waals surface area contributed by atoms with E-state index in [2.05, 4.69) is 5.32 Å². The topological polar surface area (TPSA) is 86.7 Å². The van der Waals surface area contributed by atoms with Gasteiger partial charge >= 0.3 is 5.97 Å². The van der Waals surface area contributed by atoms with Crippen molar-refractivity contribution in [2.75, 3.05) is 18.4 Å². The molecule has 2 aromatic carbocycles. The van der Waals surface area contributed by atoms with Crippen molar-refractivity contribution in [3.8, 4) is 0 Å². The molecule has 1 aliphatic heterocycles. The largest absolute Gasteiger partial charge is 0.481 e. The molecule has 0 bridgehead atoms. The zero-order chi connectivity index (χ0) is 21.0. The molecule has 0 aromatic heterocycles. The fourth-order valence-electron chi connectivity index (χ4n) is 3.83. The van der Waals surface area contributed by atoms with E-state index in [1.165, 1.54) is 0 Å². The lowest BCUT2D eigenvalue weighted by molar-refractivity contribution is -0.145. The molecule has 0 spiro atoms. The number of amides is 1. The average Bonchev–Trinajstić information content (AvgIpc) is 2.73. The van der Waals surface area contributed by atoms with Crippen molar-refractivity contribution in [1.29, 1.82) is 0 Å². The number of anilines is 1. The smallest absolute Gasteiger partial charge is 0.307 e. The number of carbonyl (C=O) groups is 3. The minimum absolute atomic E-state index is 0.160. The lowest BCUT2D eigenvalue weighted by atomic mass is 9.89. The van der Waals surface area contributed by atoms with Gasteiger partial charge in [0.25, 0.3) is 0 Å². The van der Waals surface area contributed by atoms with Crippen LogP contribution in [0.1, 0.15) is 36.2 Å². The highest BCUT2D eigenvalue weighted by Crippen LogP contribution is 2.25. The highest BCUT2D eigenvalue weighted by atomic mass is 16.4. The highest BCUT2D eigenvalue weighted by molar-refractivity contribution is 6.14. The van der Waals surface area contributed by atoms with Crippen LogP contribution in [0.3, 0.4) is 0 Å². The Morgan fingerprint density at radius 3 is 2.38 bits per heavy atom. The number of nitrogens with one attached hydrogen (secondary N) is 1. The summed E-state index contributed by atoms with van der Waals surface area (Å²) in [5.74, 6) is -1.51. The van der Waals surface area contributed by atoms with Crippen LogP contribution in [0.15, 0.2) is 54.6 Å². The first-order chi connectivity index (χ1) is 13.9. The molecule has 1 saturated heterocycles. The second kappa shape index (κ2) is 9.01. The number of nitrogens with zero attached hydrogens (tertiary/aromatic N) is 1. The Hall–Kier alpha value is -2.99. The number of benzene rings is 2. The van der Waals surface area contributed by atoms with E-state index in [0.29, 0.717) is 36.3 Å². The third-order valence-corrected chi connectivity index (χ3v) is 5.43. The predicted molar refractivity (Wildman–Crippen MR) is 111 cm³/mol. The van der Waals surface area contributed by atoms with E-state index in [-0.39, 0.29) is 17.6 Å². The first-order valence-corrected chi connectivity index (χ1v) is 9.83. The van der Waals surface area contributed by atoms with E-state index in [1.807, 2.05) is 17.9 Å². The van der Waals surface area contributed by atoms with Crippen molar-refractivity contribution < 1.29 is 19.5 Å². The van der Waals surface area contributed by atoms with Crippen LogP contribution in [0, 0.1) is 11.8 Å². The molecule has 0 aliphatic carbocycles. The molecule has 2 aromatic rings. The van der Waals surface area contributed by atoms with E-state index in [0.717, 1.165) is 0 Å². The summed E-state index contributed by atoms with van der Waals surface area (Å²) in [5, 5.41) is 12.2. The van der Waals surface area contributed by atoms with Crippen LogP contribution in [0.25, 0.3) is 0 Å². The van der Waals surface area contributed by atoms with Gasteiger partial charge in [0.2, 0.25) is 5.91 Å². The minimum Gasteiger partial charge on any atom is -0.481 e. The number of hydrogen-bond donors (Lipinski definition) is 2. The standard InChI is InChI=1S/C23H26N2O4/c1-15-12-18(23(28)29)14-25(13-15)16(2)22(27)24-20-11-7-6-10-19(20)21(26)17-8-4-3-5-9-17/h3-11,15-16,18H,12-14H2,1-2H3,(H,24,27)(H,28,29). The van der Waals surface area contributed by atoms with Gasteiger partial charge in [-0.15, -0.1) is 0 Å². The number of aliphatic carboxylic acids is 1. The van der Waals surface area contributed by atoms with Crippen LogP contribution >= 0.6 is 0 Å². The SMILES string of the molecule is CC1CC(C(=O)O)CN(C(C)C(=O)Nc2ccccc2C(=O)c2ccccc2)C1. The third-order valence-electron chi connectivity index (χ3n) is 5.43. The van der Waals surface area contributed by atoms with Gasteiger partial charge in [-0.25, -0.2) is 0 Å². The Morgan fingerprint density at radius 2 is 1.69 bits per heavy atom. The molecule has 1 aliphatic rings. The number of carbonyl (C=O) groups excluding carboxylic acids is 2. The summed E-state index contributed by atoms with van der Waals surface area (Å²) in [4.78, 5) is 39.1. The summed E-state index contributed by atoms with van der Waals surface area (Å²) in [6.07, 6.45) is 0.620. The molecule has 152 valence electrons. The number of hydrogen-bond acceptors (Lipinski definition) is 4. The van der Waals surface area contributed by atoms with Crippen molar-refractivity contribution >= 4 is 23.3 Å². The van der Waals surface area contributed by atoms with Gasteiger partial charge in [0.1, 0.15) is 0 Å². The van der Waals surface area contributed by atoms with E-state index in [4.69, 9.17) is 0 Å². The average molecular weight is 394 g/mol. The van der Waals surface area contributed by atoms with Crippen molar-refractivity contribution in [1.82, 2.24) is 4.90 Å². The molecule has 3 rings (SSSR count). The molecule has 1 amide bonds. The van der Waals surface area contributed by atoms with Crippen LogP contribution < -0.4 is 5.32 Å². The summed E-state index contributed by atoms with van der Waals surface area (Å²) < 4.78 is 0. The normalized spacial score (nSPS) is 20.6. The molecule has 6 heteroatoms. The van der Waals surface area contributed by atoms with Gasteiger partial charge in [-0.1, -0.05) is 49.4 Å². The quantitative estimate of drug-likeness (QED) is 0.734. The van der Waals surface area contributed by atoms with Gasteiger partial charge in [0.05, 0.1) is 17.6 Å². The summed E-state index contributed by atoms with van der Waals surface area (Å²) in [6.45, 7) is 4.79. The molecule has 6 nitrogen and oxygen atoms in total. The number of piperidine rings is 1. The number of likely N-dealkylation sites (tertiary alicyclic amines) is 1. The van der Waals surface area contributed by atoms with Gasteiger partial charge in [-0.05, 0) is 31.4 Å². The van der Waals surface area contributed by atoms with Gasteiger partial charge in [0, 0.05) is 24.2 Å². The number of para-hydroxylation sites is 1. The lowest BCUT2D eigenvalue weighted by Crippen LogP contribution is -2.50. The van der Waals surface area contributed by atoms with E-state index in [9.17, 15) is 19.5 Å². The van der Waals surface area contributed by atoms with E-state index >= 15 is 0 Å². The number of carboxylic acid groups (broad SMARTS) is 1. The second-order valence-corrected chi connectivity index (χ2v) is 7.74. The van der Waals surface area contributed by atoms with Gasteiger partial charge in [0.15, 0.2) is 5.78 Å². The van der Waals surface area contributed by atoms with Crippen LogP contribution in [0.4, 0.5) is 5.69 Å². The fourth-order valence-corrected chi connectivity index (χ4v) is 3.83. The molecule has 29 heavy (non-hydrogen) atoms. The third kappa shape index (κ3) is 4.90. The molecule has 0 saturated carbocycles. The number of carboxylic acids is 1. The molecular formula is C23H26N2O4. The van der Waals surface area contributed by atoms with E-state index in [1.54, 1.807) is 55.5 Å². The first kappa shape index (κ1) is 20.7. The van der Waals surface area contributed by atoms with Crippen molar-refractivity contribution in [2.45, 2.75) is 26.3 Å². The summed E-state index contributed by atoms with van der Waals surface area (Å²) in [6, 6.07) is 15.4. The maximum absolute atomic E-state index is 12.9. The molecule has 3 unspecified atom stereocenters. The Labute approximate surface area is 170 Å². The lowest BCUT2D eigenvalue weighted by Gasteiger charge is -2.37. The Kier molecular flexibility index (Phi) is 6.44. The van der Waals surface area contributed by atoms with Crippen LogP contribution in [0.5, 0.6) is 0 Å². The number of rotatable bonds is 6. The Balaban J connectivity index is 1.75. The first-order valence-electron chi connectivity index (χ1n) is 9.83. The molecule has 1 heterocycles. The Morgan fingerprint density at radius 1 is 1.03 bits per heavy atom. The van der Waals surface area contributed by atoms with Gasteiger partial charge < -0.3 is 10.4 Å². The molecule has 0 radical (unpaired) electrons. The molecule has 3 atom stereocenters. The molecule has 2 N–H and O–H groups in total. The highest BCUT2D eigenvalue weighted by Gasteiger charge is 2.34. The Bertz CT molecular complexity index is 897. The predicted octanol–water partition coefficient (Wildman–Crippen LogP) is 3.29. The maximum atomic E-state index is 12.9. The zero-order valence-electron chi connectivity index (χ0n) is 16.7. The second-order valence-electron chi connectivity index (χ2n) is 7.74. The summed E-state index contributed by atoms with van der Waals surface area (Å²) in [5.41, 5.74) is 1.43. The monoisotopic (exact) mass is 394 g/mol. The molecular weight excluding hydrogens is 368 g/mol. The van der Waals surface area contributed by atoms with Crippen LogP contribution in [-0.4, -0.2) is 46.8 Å². The van der Waals surface area contributed by atoms with Crippen molar-refractivity contribution in [2.24, 2.45) is 11.8 Å². The van der Waals surface area contributed by atoms with Crippen molar-refractivity contribution in [3.05, 3.63) is 65.7 Å². The zero-order valence-corrected chi connectivity index (χ0v) is 16.7. The van der Waals surface area contributed by atoms with Crippen LogP contribution in [-0.2, 0) is 9.59 Å². The van der Waals surface area contributed by atoms with Gasteiger partial charge in [-0.3, -0.25) is 19.3 Å². The van der Waals surface area contributed by atoms with Gasteiger partial charge in [-0.2, -0.15) is 0 Å². The van der Waals surface area contributed by atoms with Crippen molar-refractivity contribution in [3.63, 3.8) is 0 Å². The minimum atomic E-state index is -0.826. The maximum Gasteiger partial charge on any atom is 0.307 e. The fraction of sp³-hybridized carbons (Fsp3) is 0.348. The molecule has 1 fully saturated rings. The number of ketones is 1. The van der Waals surface area contributed by atoms with Crippen LogP contribution in [0.2, 0.25) is 0 Å².